The topological polar surface area (TPSA) is 143 Å². The maximum absolute atomic E-state index is 14.7. The van der Waals surface area contributed by atoms with Crippen LogP contribution in [0.5, 0.6) is 0 Å². The molecule has 1 saturated heterocycles. The summed E-state index contributed by atoms with van der Waals surface area (Å²) >= 11 is 0.939. The molecular formula is C38H40N5O7PS. The van der Waals surface area contributed by atoms with Crippen LogP contribution in [-0.2, 0) is 35.1 Å². The first kappa shape index (κ1) is 38.0. The summed E-state index contributed by atoms with van der Waals surface area (Å²) < 4.78 is 18.0. The molecule has 12 nitrogen and oxygen atoms in total. The quantitative estimate of drug-likeness (QED) is 0.0498. The molecule has 0 spiro atoms. The van der Waals surface area contributed by atoms with Gasteiger partial charge in [0.25, 0.3) is 0 Å². The van der Waals surface area contributed by atoms with Crippen LogP contribution >= 0.6 is 18.6 Å². The molecule has 1 amide bonds. The number of thioether (sulfide) groups is 1. The molecule has 5 rings (SSSR count). The Morgan fingerprint density at radius 1 is 0.865 bits per heavy atom. The van der Waals surface area contributed by atoms with Crippen molar-refractivity contribution >= 4 is 63.1 Å². The number of rotatable bonds is 17. The summed E-state index contributed by atoms with van der Waals surface area (Å²) in [6.45, 7) is 5.96. The van der Waals surface area contributed by atoms with Crippen molar-refractivity contribution in [1.29, 1.82) is 0 Å². The van der Waals surface area contributed by atoms with Gasteiger partial charge in [-0.2, -0.15) is 0 Å². The Bertz CT molecular complexity index is 1810. The van der Waals surface area contributed by atoms with Crippen molar-refractivity contribution in [2.45, 2.75) is 44.2 Å². The zero-order valence-corrected chi connectivity index (χ0v) is 30.4. The Morgan fingerprint density at radius 2 is 1.42 bits per heavy atom. The van der Waals surface area contributed by atoms with E-state index in [1.807, 2.05) is 91.0 Å². The number of aryl methyl sites for hydroxylation is 1. The van der Waals surface area contributed by atoms with Gasteiger partial charge in [-0.25, -0.2) is 14.3 Å². The van der Waals surface area contributed by atoms with Crippen LogP contribution in [0.2, 0.25) is 0 Å². The molecule has 3 aromatic carbocycles. The number of ether oxygens (including phenoxy) is 3. The fraction of sp³-hybridized carbons (Fsp3) is 0.263. The Hall–Kier alpha value is -5.26. The van der Waals surface area contributed by atoms with Crippen molar-refractivity contribution in [1.82, 2.24) is 25.1 Å². The number of hydrogen-bond acceptors (Lipinski definition) is 11. The lowest BCUT2D eigenvalue weighted by Gasteiger charge is -2.50. The predicted molar refractivity (Wildman–Crippen MR) is 202 cm³/mol. The molecule has 1 aromatic heterocycles. The minimum absolute atomic E-state index is 0.0804. The Kier molecular flexibility index (Phi) is 13.4. The van der Waals surface area contributed by atoms with Crippen LogP contribution < -0.4 is 15.9 Å². The average Bonchev–Trinajstić information content (AvgIpc) is 3.69. The molecule has 1 fully saturated rings. The van der Waals surface area contributed by atoms with Gasteiger partial charge in [0.2, 0.25) is 5.91 Å². The van der Waals surface area contributed by atoms with E-state index in [0.29, 0.717) is 19.4 Å². The smallest absolute Gasteiger partial charge is 0.457 e. The van der Waals surface area contributed by atoms with Gasteiger partial charge < -0.3 is 14.2 Å². The third-order valence-corrected chi connectivity index (χ3v) is 13.8. The largest absolute Gasteiger partial charge is 0.508 e. The minimum Gasteiger partial charge on any atom is -0.457 e. The molecule has 0 saturated carbocycles. The van der Waals surface area contributed by atoms with E-state index in [1.165, 1.54) is 23.4 Å². The average molecular weight is 742 g/mol. The first-order valence-electron chi connectivity index (χ1n) is 16.7. The summed E-state index contributed by atoms with van der Waals surface area (Å²) in [6.07, 6.45) is 3.73. The van der Waals surface area contributed by atoms with Gasteiger partial charge >= 0.3 is 12.1 Å². The van der Waals surface area contributed by atoms with E-state index >= 15 is 0 Å². The van der Waals surface area contributed by atoms with Crippen LogP contribution in [0, 0.1) is 5.92 Å². The summed E-state index contributed by atoms with van der Waals surface area (Å²) in [4.78, 5) is 57.0. The van der Waals surface area contributed by atoms with Gasteiger partial charge in [-0.3, -0.25) is 14.5 Å². The van der Waals surface area contributed by atoms with Crippen LogP contribution in [0.3, 0.4) is 0 Å². The third kappa shape index (κ3) is 8.43. The number of β-lactam (4-membered cyclic amide) rings is 1. The van der Waals surface area contributed by atoms with Crippen molar-refractivity contribution in [3.63, 3.8) is 0 Å². The van der Waals surface area contributed by atoms with Gasteiger partial charge in [0, 0.05) is 19.9 Å². The summed E-state index contributed by atoms with van der Waals surface area (Å²) in [5.41, 5.74) is 0.101. The molecule has 0 unspecified atom stereocenters. The van der Waals surface area contributed by atoms with Gasteiger partial charge in [0.05, 0.1) is 0 Å². The number of nitrogens with zero attached hydrogens (tertiary/aromatic N) is 5. The molecule has 0 radical (unpaired) electrons. The van der Waals surface area contributed by atoms with E-state index in [-0.39, 0.29) is 30.2 Å². The molecule has 4 aromatic rings. The zero-order valence-electron chi connectivity index (χ0n) is 28.7. The molecule has 0 N–H and O–H groups in total. The standard InChI is InChI=1S/C38H40N5O7PS/c1-4-25-48-37(46)35(51(29-17-9-6-10-18-29,30-19-11-7-12-20-30)31-21-13-8-14-22-31)43-34(45)33(28(3)50-38(47)49-26-5-2)36(43)52-32(44)23-15-16-24-42-27-39-40-41-42/h4-14,17-22,27-28,33,36H,1-2,15-16,23-26H2,3H3/t28-,33+,36-/m1/s1. The van der Waals surface area contributed by atoms with Crippen molar-refractivity contribution in [3.05, 3.63) is 123 Å². The van der Waals surface area contributed by atoms with Gasteiger partial charge in [-0.15, -0.1) is 5.10 Å². The molecule has 1 aliphatic rings. The monoisotopic (exact) mass is 741 g/mol. The summed E-state index contributed by atoms with van der Waals surface area (Å²) in [7, 11) is 0. The first-order chi connectivity index (χ1) is 25.3. The van der Waals surface area contributed by atoms with Crippen LogP contribution in [0.1, 0.15) is 26.2 Å². The minimum atomic E-state index is -3.23. The van der Waals surface area contributed by atoms with Crippen molar-refractivity contribution in [3.8, 4) is 0 Å². The number of carbonyl (C=O) groups excluding carboxylic acids is 4. The van der Waals surface area contributed by atoms with Crippen LogP contribution in [0.4, 0.5) is 4.79 Å². The van der Waals surface area contributed by atoms with Gasteiger partial charge in [-0.05, 0) is 46.1 Å². The predicted octanol–water partition coefficient (Wildman–Crippen LogP) is 4.47. The number of carbonyl (C=O) groups is 4. The third-order valence-electron chi connectivity index (χ3n) is 8.34. The lowest BCUT2D eigenvalue weighted by molar-refractivity contribution is -0.152. The second-order valence-corrected chi connectivity index (χ2v) is 16.2. The van der Waals surface area contributed by atoms with E-state index in [1.54, 1.807) is 11.6 Å². The summed E-state index contributed by atoms with van der Waals surface area (Å²) in [5.74, 6) is -2.21. The molecular weight excluding hydrogens is 701 g/mol. The van der Waals surface area contributed by atoms with Gasteiger partial charge in [-0.1, -0.05) is 128 Å². The number of unbranched alkanes of at least 4 members (excludes halogenated alkanes) is 1. The van der Waals surface area contributed by atoms with Crippen molar-refractivity contribution < 1.29 is 33.4 Å². The number of esters is 1. The molecule has 270 valence electrons. The van der Waals surface area contributed by atoms with Crippen molar-refractivity contribution in [2.75, 3.05) is 13.2 Å². The Balaban J connectivity index is 1.68. The SMILES string of the molecule is C=CCOC(=O)O[C@H](C)[C@H]1C(=O)N(C(C(=O)OCC=C)=P(c2ccccc2)(c2ccccc2)c2ccccc2)[C@@H]1SC(=O)CCCCn1cnnn1. The molecule has 52 heavy (non-hydrogen) atoms. The highest BCUT2D eigenvalue weighted by atomic mass is 32.2. The van der Waals surface area contributed by atoms with E-state index in [0.717, 1.165) is 27.7 Å². The second kappa shape index (κ2) is 18.3. The zero-order chi connectivity index (χ0) is 36.9. The lowest BCUT2D eigenvalue weighted by atomic mass is 9.92. The Labute approximate surface area is 306 Å². The molecule has 0 aliphatic carbocycles. The molecule has 2 heterocycles. The van der Waals surface area contributed by atoms with Crippen LogP contribution in [0.15, 0.2) is 123 Å². The highest BCUT2D eigenvalue weighted by Crippen LogP contribution is 2.51. The molecule has 3 atom stereocenters. The van der Waals surface area contributed by atoms with Gasteiger partial charge in [0.15, 0.2) is 5.12 Å². The fourth-order valence-electron chi connectivity index (χ4n) is 6.04. The van der Waals surface area contributed by atoms with Crippen LogP contribution in [-0.4, -0.2) is 78.4 Å². The van der Waals surface area contributed by atoms with Crippen LogP contribution in [0.25, 0.3) is 0 Å². The maximum atomic E-state index is 14.7. The number of amides is 1. The van der Waals surface area contributed by atoms with E-state index in [4.69, 9.17) is 14.2 Å². The fourth-order valence-corrected chi connectivity index (χ4v) is 11.8. The van der Waals surface area contributed by atoms with E-state index in [2.05, 4.69) is 28.7 Å². The highest BCUT2D eigenvalue weighted by Gasteiger charge is 2.57. The Morgan fingerprint density at radius 3 is 1.94 bits per heavy atom. The number of aromatic nitrogens is 4. The van der Waals surface area contributed by atoms with E-state index < -0.39 is 42.3 Å². The number of benzene rings is 3. The van der Waals surface area contributed by atoms with Gasteiger partial charge in [0.1, 0.15) is 42.4 Å². The molecule has 1 aliphatic heterocycles. The lowest BCUT2D eigenvalue weighted by Crippen LogP contribution is -2.67. The normalized spacial score (nSPS) is 15.9. The number of tetrazole rings is 1. The summed E-state index contributed by atoms with van der Waals surface area (Å²) in [6, 6.07) is 28.6. The molecule has 0 bridgehead atoms. The number of hydrogen-bond donors (Lipinski definition) is 0. The van der Waals surface area contributed by atoms with Crippen molar-refractivity contribution in [2.24, 2.45) is 5.92 Å². The number of likely N-dealkylation sites (tertiary alicyclic amines) is 1. The van der Waals surface area contributed by atoms with E-state index in [9.17, 15) is 19.2 Å². The second-order valence-electron chi connectivity index (χ2n) is 11.7. The highest BCUT2D eigenvalue weighted by molar-refractivity contribution is 8.14. The maximum Gasteiger partial charge on any atom is 0.508 e. The first-order valence-corrected chi connectivity index (χ1v) is 19.4. The summed E-state index contributed by atoms with van der Waals surface area (Å²) in [5, 5.41) is 12.4. The molecule has 14 heteroatoms.